The SMILES string of the molecule is OC(c1cn2cc(Cl)cc(-c3ccccc3OCC(F)(F)F)c2n1)C1CC1. The zero-order valence-electron chi connectivity index (χ0n) is 14.1. The largest absolute Gasteiger partial charge is 0.483 e. The molecule has 2 aromatic heterocycles. The third-order valence-corrected chi connectivity index (χ3v) is 4.68. The number of halogens is 4. The molecule has 1 aromatic carbocycles. The van der Waals surface area contributed by atoms with Gasteiger partial charge in [-0.25, -0.2) is 4.98 Å². The second kappa shape index (κ2) is 6.73. The fourth-order valence-electron chi connectivity index (χ4n) is 3.05. The Bertz CT molecular complexity index is 983. The summed E-state index contributed by atoms with van der Waals surface area (Å²) in [6.07, 6.45) is 0.162. The van der Waals surface area contributed by atoms with Crippen molar-refractivity contribution in [1.82, 2.24) is 9.38 Å². The van der Waals surface area contributed by atoms with Crippen molar-refractivity contribution < 1.29 is 23.0 Å². The van der Waals surface area contributed by atoms with Crippen LogP contribution in [0.2, 0.25) is 5.02 Å². The molecule has 0 amide bonds. The van der Waals surface area contributed by atoms with Crippen molar-refractivity contribution in [3.05, 3.63) is 53.4 Å². The quantitative estimate of drug-likeness (QED) is 0.657. The number of ether oxygens (including phenoxy) is 1. The summed E-state index contributed by atoms with van der Waals surface area (Å²) in [5, 5.41) is 10.8. The summed E-state index contributed by atoms with van der Waals surface area (Å²) >= 11 is 6.21. The Morgan fingerprint density at radius 3 is 2.67 bits per heavy atom. The van der Waals surface area contributed by atoms with E-state index in [4.69, 9.17) is 16.3 Å². The Kier molecular flexibility index (Phi) is 4.52. The molecule has 0 bridgehead atoms. The summed E-state index contributed by atoms with van der Waals surface area (Å²) in [5.74, 6) is 0.294. The van der Waals surface area contributed by atoms with Gasteiger partial charge in [0, 0.05) is 23.5 Å². The van der Waals surface area contributed by atoms with Gasteiger partial charge in [0.25, 0.3) is 0 Å². The van der Waals surface area contributed by atoms with E-state index < -0.39 is 18.9 Å². The molecular weight excluding hydrogens is 381 g/mol. The minimum atomic E-state index is -4.44. The molecule has 1 unspecified atom stereocenters. The fourth-order valence-corrected chi connectivity index (χ4v) is 3.27. The summed E-state index contributed by atoms with van der Waals surface area (Å²) in [6.45, 7) is -1.39. The number of aromatic nitrogens is 2. The van der Waals surface area contributed by atoms with E-state index in [-0.39, 0.29) is 11.7 Å². The fraction of sp³-hybridized carbons (Fsp3) is 0.316. The van der Waals surface area contributed by atoms with Crippen LogP contribution in [0.4, 0.5) is 13.2 Å². The molecule has 0 aliphatic heterocycles. The molecule has 1 fully saturated rings. The number of aliphatic hydroxyl groups excluding tert-OH is 1. The number of imidazole rings is 1. The van der Waals surface area contributed by atoms with Gasteiger partial charge in [0.2, 0.25) is 0 Å². The van der Waals surface area contributed by atoms with E-state index in [9.17, 15) is 18.3 Å². The Balaban J connectivity index is 1.79. The van der Waals surface area contributed by atoms with Gasteiger partial charge in [0.05, 0.1) is 10.7 Å². The molecule has 8 heteroatoms. The topological polar surface area (TPSA) is 46.8 Å². The van der Waals surface area contributed by atoms with Crippen LogP contribution >= 0.6 is 11.6 Å². The molecule has 1 aliphatic carbocycles. The maximum absolute atomic E-state index is 12.6. The first kappa shape index (κ1) is 18.1. The van der Waals surface area contributed by atoms with Crippen molar-refractivity contribution in [2.45, 2.75) is 25.1 Å². The van der Waals surface area contributed by atoms with Gasteiger partial charge in [0.1, 0.15) is 17.5 Å². The number of fused-ring (bicyclic) bond motifs is 1. The van der Waals surface area contributed by atoms with Gasteiger partial charge in [-0.3, -0.25) is 0 Å². The van der Waals surface area contributed by atoms with E-state index in [1.54, 1.807) is 41.1 Å². The summed E-state index contributed by atoms with van der Waals surface area (Å²) in [6, 6.07) is 8.07. The van der Waals surface area contributed by atoms with E-state index in [2.05, 4.69) is 4.98 Å². The lowest BCUT2D eigenvalue weighted by Crippen LogP contribution is -2.19. The van der Waals surface area contributed by atoms with Gasteiger partial charge < -0.3 is 14.2 Å². The number of hydrogen-bond acceptors (Lipinski definition) is 3. The zero-order valence-corrected chi connectivity index (χ0v) is 14.8. The Morgan fingerprint density at radius 2 is 1.96 bits per heavy atom. The van der Waals surface area contributed by atoms with Crippen LogP contribution in [0.1, 0.15) is 24.6 Å². The van der Waals surface area contributed by atoms with Crippen LogP contribution in [-0.2, 0) is 0 Å². The van der Waals surface area contributed by atoms with Crippen LogP contribution in [0.25, 0.3) is 16.8 Å². The van der Waals surface area contributed by atoms with Gasteiger partial charge in [-0.05, 0) is 30.9 Å². The van der Waals surface area contributed by atoms with E-state index in [1.165, 1.54) is 6.07 Å². The summed E-state index contributed by atoms with van der Waals surface area (Å²) < 4.78 is 44.4. The predicted molar refractivity (Wildman–Crippen MR) is 94.9 cm³/mol. The highest BCUT2D eigenvalue weighted by Crippen LogP contribution is 2.41. The molecule has 4 rings (SSSR count). The van der Waals surface area contributed by atoms with Crippen LogP contribution in [0.15, 0.2) is 42.7 Å². The first-order valence-electron chi connectivity index (χ1n) is 8.47. The Labute approximate surface area is 158 Å². The second-order valence-corrected chi connectivity index (χ2v) is 7.09. The lowest BCUT2D eigenvalue weighted by atomic mass is 10.1. The van der Waals surface area contributed by atoms with Crippen LogP contribution in [0.5, 0.6) is 5.75 Å². The monoisotopic (exact) mass is 396 g/mol. The molecule has 27 heavy (non-hydrogen) atoms. The third-order valence-electron chi connectivity index (χ3n) is 4.48. The highest BCUT2D eigenvalue weighted by molar-refractivity contribution is 6.31. The molecule has 1 N–H and O–H groups in total. The molecule has 1 atom stereocenters. The van der Waals surface area contributed by atoms with Crippen molar-refractivity contribution in [2.24, 2.45) is 5.92 Å². The Morgan fingerprint density at radius 1 is 1.22 bits per heavy atom. The van der Waals surface area contributed by atoms with E-state index in [0.717, 1.165) is 12.8 Å². The lowest BCUT2D eigenvalue weighted by molar-refractivity contribution is -0.153. The average Bonchev–Trinajstić information content (AvgIpc) is 3.37. The van der Waals surface area contributed by atoms with Gasteiger partial charge >= 0.3 is 6.18 Å². The van der Waals surface area contributed by atoms with Gasteiger partial charge in [-0.15, -0.1) is 0 Å². The van der Waals surface area contributed by atoms with E-state index in [1.807, 2.05) is 0 Å². The minimum absolute atomic E-state index is 0.0892. The summed E-state index contributed by atoms with van der Waals surface area (Å²) in [4.78, 5) is 4.52. The molecule has 1 aliphatic rings. The molecule has 142 valence electrons. The highest BCUT2D eigenvalue weighted by atomic mass is 35.5. The molecule has 0 spiro atoms. The number of hydrogen-bond donors (Lipinski definition) is 1. The number of rotatable bonds is 5. The van der Waals surface area contributed by atoms with Crippen molar-refractivity contribution in [2.75, 3.05) is 6.61 Å². The number of benzene rings is 1. The van der Waals surface area contributed by atoms with Gasteiger partial charge in [-0.1, -0.05) is 29.8 Å². The molecular formula is C19H16ClF3N2O2. The smallest absolute Gasteiger partial charge is 0.422 e. The predicted octanol–water partition coefficient (Wildman–Crippen LogP) is 5.04. The number of nitrogens with zero attached hydrogens (tertiary/aromatic N) is 2. The van der Waals surface area contributed by atoms with Crippen LogP contribution < -0.4 is 4.74 Å². The van der Waals surface area contributed by atoms with Gasteiger partial charge in [-0.2, -0.15) is 13.2 Å². The Hall–Kier alpha value is -2.25. The highest BCUT2D eigenvalue weighted by Gasteiger charge is 2.33. The molecule has 2 heterocycles. The zero-order chi connectivity index (χ0) is 19.2. The maximum atomic E-state index is 12.6. The average molecular weight is 397 g/mol. The molecule has 0 radical (unpaired) electrons. The third kappa shape index (κ3) is 3.89. The van der Waals surface area contributed by atoms with E-state index >= 15 is 0 Å². The van der Waals surface area contributed by atoms with Crippen molar-refractivity contribution in [3.63, 3.8) is 0 Å². The first-order valence-corrected chi connectivity index (χ1v) is 8.85. The van der Waals surface area contributed by atoms with Crippen LogP contribution in [0.3, 0.4) is 0 Å². The molecule has 0 saturated heterocycles. The van der Waals surface area contributed by atoms with Crippen molar-refractivity contribution in [3.8, 4) is 16.9 Å². The summed E-state index contributed by atoms with van der Waals surface area (Å²) in [7, 11) is 0. The number of para-hydroxylation sites is 1. The van der Waals surface area contributed by atoms with Crippen molar-refractivity contribution >= 4 is 17.2 Å². The van der Waals surface area contributed by atoms with Gasteiger partial charge in [0.15, 0.2) is 6.61 Å². The number of alkyl halides is 3. The van der Waals surface area contributed by atoms with Crippen LogP contribution in [-0.4, -0.2) is 27.3 Å². The molecule has 4 nitrogen and oxygen atoms in total. The normalized spacial score (nSPS) is 15.9. The lowest BCUT2D eigenvalue weighted by Gasteiger charge is -2.14. The standard InChI is InChI=1S/C19H16ClF3N2O2/c20-12-7-14(13-3-1-2-4-16(13)27-10-19(21,22)23)18-24-15(9-25(18)8-12)17(26)11-5-6-11/h1-4,7-9,11,17,26H,5-6,10H2. The van der Waals surface area contributed by atoms with E-state index in [0.29, 0.717) is 27.5 Å². The second-order valence-electron chi connectivity index (χ2n) is 6.65. The number of aliphatic hydroxyl groups is 1. The minimum Gasteiger partial charge on any atom is -0.483 e. The molecule has 1 saturated carbocycles. The molecule has 3 aromatic rings. The van der Waals surface area contributed by atoms with Crippen LogP contribution in [0, 0.1) is 5.92 Å². The maximum Gasteiger partial charge on any atom is 0.422 e. The van der Waals surface area contributed by atoms with Crippen molar-refractivity contribution in [1.29, 1.82) is 0 Å². The summed E-state index contributed by atoms with van der Waals surface area (Å²) in [5.41, 5.74) is 2.01. The first-order chi connectivity index (χ1) is 12.8. The number of pyridine rings is 1.